The maximum Gasteiger partial charge on any atom is 0.495 e. The van der Waals surface area contributed by atoms with Gasteiger partial charge in [-0.1, -0.05) is 130 Å². The molecule has 0 N–H and O–H groups in total. The van der Waals surface area contributed by atoms with Gasteiger partial charge >= 0.3 is 7.12 Å². The summed E-state index contributed by atoms with van der Waals surface area (Å²) in [6.45, 7) is 0. The molecule has 0 saturated carbocycles. The van der Waals surface area contributed by atoms with Crippen molar-refractivity contribution < 1.29 is 9.31 Å². The van der Waals surface area contributed by atoms with Gasteiger partial charge in [0.15, 0.2) is 0 Å². The van der Waals surface area contributed by atoms with Gasteiger partial charge in [-0.15, -0.1) is 0 Å². The molecule has 2 unspecified atom stereocenters. The molecule has 10 heteroatoms. The van der Waals surface area contributed by atoms with E-state index in [0.717, 1.165) is 11.0 Å². The van der Waals surface area contributed by atoms with Crippen LogP contribution in [0.4, 0.5) is 0 Å². The van der Waals surface area contributed by atoms with Crippen molar-refractivity contribution in [1.82, 2.24) is 0 Å². The van der Waals surface area contributed by atoms with E-state index in [1.54, 1.807) is 0 Å². The van der Waals surface area contributed by atoms with E-state index in [1.807, 2.05) is 60.7 Å². The molecule has 1 aliphatic rings. The van der Waals surface area contributed by atoms with Crippen molar-refractivity contribution in [3.63, 3.8) is 0 Å². The van der Waals surface area contributed by atoms with Gasteiger partial charge in [0.1, 0.15) is 11.7 Å². The molecule has 2 aromatic carbocycles. The van der Waals surface area contributed by atoms with Gasteiger partial charge in [-0.05, 0) is 25.1 Å². The smallest absolute Gasteiger partial charge is 0.396 e. The lowest BCUT2D eigenvalue weighted by molar-refractivity contribution is 0.148. The topological polar surface area (TPSA) is 18.5 Å². The van der Waals surface area contributed by atoms with Gasteiger partial charge in [0.25, 0.3) is 0 Å². The van der Waals surface area contributed by atoms with Crippen molar-refractivity contribution in [2.45, 2.75) is 25.4 Å². The average Bonchev–Trinajstić information content (AvgIpc) is 2.61. The number of benzene rings is 2. The lowest BCUT2D eigenvalue weighted by atomic mass is 9.79. The van der Waals surface area contributed by atoms with Crippen molar-refractivity contribution in [1.29, 1.82) is 0 Å². The van der Waals surface area contributed by atoms with Crippen LogP contribution in [0.15, 0.2) is 60.7 Å². The first-order chi connectivity index (χ1) is 12.7. The van der Waals surface area contributed by atoms with Gasteiger partial charge in [0.2, 0.25) is 7.59 Å². The molecule has 0 aromatic heterocycles. The fourth-order valence-corrected chi connectivity index (χ4v) is 7.86. The molecular weight excluding hydrogens is 491 g/mol. The Morgan fingerprint density at radius 3 is 1.63 bits per heavy atom. The zero-order valence-corrected chi connectivity index (χ0v) is 19.2. The van der Waals surface area contributed by atoms with Crippen LogP contribution in [-0.2, 0) is 15.5 Å². The number of rotatable bonds is 3. The maximum absolute atomic E-state index is 6.28. The zero-order chi connectivity index (χ0) is 19.7. The van der Waals surface area contributed by atoms with Crippen molar-refractivity contribution >= 4 is 90.1 Å². The number of hydrogen-bond acceptors (Lipinski definition) is 2. The Labute approximate surface area is 190 Å². The molecule has 1 aliphatic heterocycles. The predicted octanol–water partition coefficient (Wildman–Crippen LogP) is 6.50. The van der Waals surface area contributed by atoms with E-state index in [1.165, 1.54) is 0 Å². The minimum Gasteiger partial charge on any atom is -0.396 e. The highest BCUT2D eigenvalue weighted by Crippen LogP contribution is 2.64. The molecular formula is C17H14BCl6O2P. The fraction of sp³-hybridized carbons (Fsp3) is 0.294. The second-order valence-electron chi connectivity index (χ2n) is 5.96. The summed E-state index contributed by atoms with van der Waals surface area (Å²) < 4.78 is 8.76. The first-order valence-corrected chi connectivity index (χ1v) is 11.9. The molecule has 27 heavy (non-hydrogen) atoms. The lowest BCUT2D eigenvalue weighted by Gasteiger charge is -2.46. The molecule has 0 aliphatic carbocycles. The molecule has 3 rings (SSSR count). The van der Waals surface area contributed by atoms with Gasteiger partial charge in [-0.2, -0.15) is 0 Å². The average molecular weight is 505 g/mol. The van der Waals surface area contributed by atoms with Gasteiger partial charge < -0.3 is 9.31 Å². The first-order valence-electron chi connectivity index (χ1n) is 7.95. The second kappa shape index (κ2) is 9.17. The molecule has 2 atom stereocenters. The Hall–Kier alpha value is 0.595. The third-order valence-electron chi connectivity index (χ3n) is 3.95. The minimum atomic E-state index is -1.70. The van der Waals surface area contributed by atoms with Crippen LogP contribution in [0.5, 0.6) is 0 Å². The summed E-state index contributed by atoms with van der Waals surface area (Å²) in [5.74, 6) is -1.56. The largest absolute Gasteiger partial charge is 0.495 e. The molecule has 1 fully saturated rings. The third-order valence-corrected chi connectivity index (χ3v) is 9.00. The lowest BCUT2D eigenvalue weighted by Crippen LogP contribution is -2.53. The van der Waals surface area contributed by atoms with Crippen molar-refractivity contribution in [2.75, 3.05) is 0 Å². The van der Waals surface area contributed by atoms with E-state index >= 15 is 0 Å². The highest BCUT2D eigenvalue weighted by molar-refractivity contribution is 7.59. The van der Waals surface area contributed by atoms with Crippen LogP contribution < -0.4 is 5.46 Å². The van der Waals surface area contributed by atoms with E-state index < -0.39 is 34.3 Å². The summed E-state index contributed by atoms with van der Waals surface area (Å²) in [6, 6.07) is 19.0. The summed E-state index contributed by atoms with van der Waals surface area (Å²) in [6.07, 6.45) is 0.523. The van der Waals surface area contributed by atoms with Gasteiger partial charge in [0, 0.05) is 0 Å². The van der Waals surface area contributed by atoms with E-state index in [9.17, 15) is 0 Å². The summed E-state index contributed by atoms with van der Waals surface area (Å²) in [5.41, 5.74) is 1.78. The summed E-state index contributed by atoms with van der Waals surface area (Å²) in [7, 11) is -2.11. The third kappa shape index (κ3) is 5.82. The maximum atomic E-state index is 6.28. The van der Waals surface area contributed by atoms with Crippen LogP contribution in [-0.4, -0.2) is 26.4 Å². The molecule has 0 amide bonds. The van der Waals surface area contributed by atoms with Crippen molar-refractivity contribution in [2.24, 2.45) is 0 Å². The predicted molar refractivity (Wildman–Crippen MR) is 119 cm³/mol. The van der Waals surface area contributed by atoms with E-state index in [2.05, 4.69) is 0 Å². The molecule has 2 aromatic rings. The quantitative estimate of drug-likeness (QED) is 0.270. The molecule has 2 nitrogen and oxygen atoms in total. The first kappa shape index (κ1) is 22.3. The van der Waals surface area contributed by atoms with Crippen LogP contribution in [0.2, 0.25) is 0 Å². The molecule has 0 bridgehead atoms. The molecule has 0 spiro atoms. The molecule has 0 radical (unpaired) electrons. The fourth-order valence-electron chi connectivity index (χ4n) is 2.80. The highest BCUT2D eigenvalue weighted by Gasteiger charge is 2.55. The normalized spacial score (nSPS) is 24.1. The van der Waals surface area contributed by atoms with Crippen LogP contribution in [0, 0.1) is 0 Å². The molecule has 144 valence electrons. The van der Waals surface area contributed by atoms with Crippen LogP contribution >= 0.6 is 77.5 Å². The number of alkyl halides is 6. The standard InChI is InChI=1S/C17H14BCl6O2P/c19-16(20,21)14-25-18(13-9-5-2-6-10-13)26-15(17(22,23)24)27(14)11-12-7-3-1-4-8-12/h1-10,14-15H,11H2. The van der Waals surface area contributed by atoms with Gasteiger partial charge in [-0.3, -0.25) is 0 Å². The monoisotopic (exact) mass is 502 g/mol. The molecule has 1 saturated heterocycles. The van der Waals surface area contributed by atoms with Crippen molar-refractivity contribution in [3.05, 3.63) is 66.2 Å². The minimum absolute atomic E-state index is 0.523. The van der Waals surface area contributed by atoms with E-state index in [0.29, 0.717) is 6.16 Å². The van der Waals surface area contributed by atoms with E-state index in [-0.39, 0.29) is 0 Å². The Kier molecular flexibility index (Phi) is 7.57. The second-order valence-corrected chi connectivity index (χ2v) is 13.0. The number of halogens is 6. The Bertz CT molecular complexity index is 717. The Balaban J connectivity index is 1.98. The Morgan fingerprint density at radius 1 is 0.741 bits per heavy atom. The van der Waals surface area contributed by atoms with Crippen LogP contribution in [0.25, 0.3) is 0 Å². The highest BCUT2D eigenvalue weighted by atomic mass is 35.6. The van der Waals surface area contributed by atoms with Crippen LogP contribution in [0.1, 0.15) is 5.56 Å². The summed E-state index contributed by atoms with van der Waals surface area (Å²) >= 11 is 37.7. The number of hydrogen-bond donors (Lipinski definition) is 0. The van der Waals surface area contributed by atoms with Gasteiger partial charge in [-0.25, -0.2) is 0 Å². The van der Waals surface area contributed by atoms with E-state index in [4.69, 9.17) is 78.9 Å². The Morgan fingerprint density at radius 2 is 1.19 bits per heavy atom. The SMILES string of the molecule is ClC(Cl)(Cl)C1OB(c2ccccc2)OC(C(Cl)(Cl)Cl)P1Cc1ccccc1. The molecule has 1 heterocycles. The van der Waals surface area contributed by atoms with Gasteiger partial charge in [0.05, 0.1) is 0 Å². The summed E-state index contributed by atoms with van der Waals surface area (Å²) in [4.78, 5) is 0. The summed E-state index contributed by atoms with van der Waals surface area (Å²) in [5, 5.41) is 0. The zero-order valence-electron chi connectivity index (χ0n) is 13.7. The van der Waals surface area contributed by atoms with Crippen molar-refractivity contribution in [3.8, 4) is 0 Å². The van der Waals surface area contributed by atoms with Crippen LogP contribution in [0.3, 0.4) is 0 Å².